The Bertz CT molecular complexity index is 484. The van der Waals surface area contributed by atoms with Gasteiger partial charge in [-0.2, -0.15) is 0 Å². The number of hydrogen-bond donors (Lipinski definition) is 2. The Labute approximate surface area is 106 Å². The maximum absolute atomic E-state index is 10.6. The summed E-state index contributed by atoms with van der Waals surface area (Å²) in [5.74, 6) is 0.513. The lowest BCUT2D eigenvalue weighted by Crippen LogP contribution is -2.15. The van der Waals surface area contributed by atoms with Crippen molar-refractivity contribution in [2.24, 2.45) is 5.73 Å². The molecule has 2 rings (SSSR count). The number of aryl methyl sites for hydroxylation is 1. The van der Waals surface area contributed by atoms with Gasteiger partial charge in [0.1, 0.15) is 0 Å². The molecule has 1 unspecified atom stereocenters. The Morgan fingerprint density at radius 2 is 2.22 bits per heavy atom. The minimum absolute atomic E-state index is 0.0458. The zero-order valence-corrected chi connectivity index (χ0v) is 10.5. The van der Waals surface area contributed by atoms with Crippen LogP contribution in [0.4, 0.5) is 0 Å². The highest BCUT2D eigenvalue weighted by Crippen LogP contribution is 2.42. The zero-order chi connectivity index (χ0) is 13.3. The molecule has 18 heavy (non-hydrogen) atoms. The minimum atomic E-state index is -0.843. The van der Waals surface area contributed by atoms with Crippen molar-refractivity contribution in [1.82, 2.24) is 0 Å². The molecule has 1 aromatic rings. The number of benzene rings is 1. The van der Waals surface area contributed by atoms with Gasteiger partial charge in [-0.25, -0.2) is 0 Å². The molecule has 0 spiro atoms. The van der Waals surface area contributed by atoms with Gasteiger partial charge in [-0.05, 0) is 37.5 Å². The fourth-order valence-electron chi connectivity index (χ4n) is 2.16. The van der Waals surface area contributed by atoms with E-state index in [1.165, 1.54) is 0 Å². The summed E-state index contributed by atoms with van der Waals surface area (Å²) in [6.07, 6.45) is 0.430. The second-order valence-corrected chi connectivity index (χ2v) is 4.50. The summed E-state index contributed by atoms with van der Waals surface area (Å²) < 4.78 is 10.8. The van der Waals surface area contributed by atoms with E-state index >= 15 is 0 Å². The van der Waals surface area contributed by atoms with Crippen LogP contribution in [0.3, 0.4) is 0 Å². The molecule has 3 N–H and O–H groups in total. The first-order chi connectivity index (χ1) is 8.50. The third-order valence-electron chi connectivity index (χ3n) is 3.27. The van der Waals surface area contributed by atoms with Gasteiger partial charge in [0, 0.05) is 18.0 Å². The van der Waals surface area contributed by atoms with Crippen LogP contribution >= 0.6 is 0 Å². The van der Waals surface area contributed by atoms with Crippen LogP contribution in [0.15, 0.2) is 6.07 Å². The summed E-state index contributed by atoms with van der Waals surface area (Å²) in [4.78, 5) is 10.6. The highest BCUT2D eigenvalue weighted by Gasteiger charge is 2.25. The van der Waals surface area contributed by atoms with Crippen LogP contribution in [0.5, 0.6) is 11.5 Å². The molecule has 0 amide bonds. The van der Waals surface area contributed by atoms with E-state index in [2.05, 4.69) is 0 Å². The highest BCUT2D eigenvalue weighted by atomic mass is 16.7. The van der Waals surface area contributed by atoms with E-state index in [9.17, 15) is 4.79 Å². The molecule has 0 fully saturated rings. The van der Waals surface area contributed by atoms with Gasteiger partial charge < -0.3 is 20.3 Å². The van der Waals surface area contributed by atoms with Gasteiger partial charge in [0.15, 0.2) is 11.5 Å². The molecule has 1 aliphatic heterocycles. The van der Waals surface area contributed by atoms with Crippen molar-refractivity contribution in [2.45, 2.75) is 32.7 Å². The number of carboxylic acids is 1. The number of aliphatic carboxylic acids is 1. The Kier molecular flexibility index (Phi) is 3.43. The van der Waals surface area contributed by atoms with Crippen molar-refractivity contribution >= 4 is 5.97 Å². The smallest absolute Gasteiger partial charge is 0.303 e. The number of carboxylic acid groups (broad SMARTS) is 1. The number of hydrogen-bond acceptors (Lipinski definition) is 4. The van der Waals surface area contributed by atoms with E-state index in [4.69, 9.17) is 20.3 Å². The molecule has 0 saturated carbocycles. The topological polar surface area (TPSA) is 81.8 Å². The van der Waals surface area contributed by atoms with E-state index in [1.54, 1.807) is 0 Å². The second kappa shape index (κ2) is 4.86. The van der Waals surface area contributed by atoms with Crippen LogP contribution in [0.25, 0.3) is 0 Å². The average molecular weight is 251 g/mol. The molecule has 1 aliphatic rings. The van der Waals surface area contributed by atoms with E-state index in [0.717, 1.165) is 16.7 Å². The van der Waals surface area contributed by atoms with Gasteiger partial charge in [-0.3, -0.25) is 4.79 Å². The van der Waals surface area contributed by atoms with E-state index in [0.29, 0.717) is 17.9 Å². The number of carbonyl (C=O) groups is 1. The maximum atomic E-state index is 10.6. The Hall–Kier alpha value is -1.75. The summed E-state index contributed by atoms with van der Waals surface area (Å²) in [6, 6.07) is 1.57. The number of ether oxygens (including phenoxy) is 2. The van der Waals surface area contributed by atoms with Crippen LogP contribution in [-0.4, -0.2) is 17.9 Å². The monoisotopic (exact) mass is 251 g/mol. The maximum Gasteiger partial charge on any atom is 0.303 e. The van der Waals surface area contributed by atoms with Gasteiger partial charge in [0.25, 0.3) is 0 Å². The highest BCUT2D eigenvalue weighted by molar-refractivity contribution is 5.67. The van der Waals surface area contributed by atoms with Crippen molar-refractivity contribution in [2.75, 3.05) is 6.79 Å². The average Bonchev–Trinajstić information content (AvgIpc) is 2.74. The molecular weight excluding hydrogens is 234 g/mol. The molecule has 1 atom stereocenters. The molecule has 1 aromatic carbocycles. The SMILES string of the molecule is Cc1cc2c(c(C(N)CCC(=O)O)c1C)OCO2. The Morgan fingerprint density at radius 1 is 1.50 bits per heavy atom. The third kappa shape index (κ3) is 2.26. The normalized spacial score (nSPS) is 14.6. The lowest BCUT2D eigenvalue weighted by Gasteiger charge is -2.18. The Balaban J connectivity index is 2.34. The van der Waals surface area contributed by atoms with Crippen LogP contribution in [0.2, 0.25) is 0 Å². The first kappa shape index (κ1) is 12.7. The third-order valence-corrected chi connectivity index (χ3v) is 3.27. The van der Waals surface area contributed by atoms with Crippen LogP contribution < -0.4 is 15.2 Å². The van der Waals surface area contributed by atoms with Crippen LogP contribution in [0.1, 0.15) is 35.6 Å². The van der Waals surface area contributed by atoms with E-state index in [1.807, 2.05) is 19.9 Å². The largest absolute Gasteiger partial charge is 0.481 e. The minimum Gasteiger partial charge on any atom is -0.481 e. The molecule has 98 valence electrons. The standard InChI is InChI=1S/C13H17NO4/c1-7-5-10-13(18-6-17-10)12(8(7)2)9(14)3-4-11(15)16/h5,9H,3-4,6,14H2,1-2H3,(H,15,16). The fraction of sp³-hybridized carbons (Fsp3) is 0.462. The lowest BCUT2D eigenvalue weighted by atomic mass is 9.93. The summed E-state index contributed by atoms with van der Waals surface area (Å²) in [5.41, 5.74) is 9.06. The lowest BCUT2D eigenvalue weighted by molar-refractivity contribution is -0.137. The van der Waals surface area contributed by atoms with Gasteiger partial charge in [-0.1, -0.05) is 0 Å². The van der Waals surface area contributed by atoms with Crippen molar-refractivity contribution in [3.8, 4) is 11.5 Å². The molecule has 5 heteroatoms. The van der Waals surface area contributed by atoms with Crippen molar-refractivity contribution in [3.63, 3.8) is 0 Å². The van der Waals surface area contributed by atoms with Gasteiger partial charge in [0.05, 0.1) is 0 Å². The summed E-state index contributed by atoms with van der Waals surface area (Å²) in [5, 5.41) is 8.72. The van der Waals surface area contributed by atoms with Gasteiger partial charge in [-0.15, -0.1) is 0 Å². The quantitative estimate of drug-likeness (QED) is 0.854. The first-order valence-corrected chi connectivity index (χ1v) is 5.87. The number of rotatable bonds is 4. The molecule has 0 aliphatic carbocycles. The predicted molar refractivity (Wildman–Crippen MR) is 65.8 cm³/mol. The molecule has 5 nitrogen and oxygen atoms in total. The van der Waals surface area contributed by atoms with Crippen LogP contribution in [0, 0.1) is 13.8 Å². The van der Waals surface area contributed by atoms with Gasteiger partial charge in [0.2, 0.25) is 6.79 Å². The summed E-state index contributed by atoms with van der Waals surface area (Å²) in [7, 11) is 0. The predicted octanol–water partition coefficient (Wildman–Crippen LogP) is 1.90. The zero-order valence-electron chi connectivity index (χ0n) is 10.5. The Morgan fingerprint density at radius 3 is 2.89 bits per heavy atom. The van der Waals surface area contributed by atoms with Gasteiger partial charge >= 0.3 is 5.97 Å². The summed E-state index contributed by atoms with van der Waals surface area (Å²) in [6.45, 7) is 4.13. The van der Waals surface area contributed by atoms with Crippen molar-refractivity contribution in [3.05, 3.63) is 22.8 Å². The van der Waals surface area contributed by atoms with E-state index < -0.39 is 5.97 Å². The number of nitrogens with two attached hydrogens (primary N) is 1. The fourth-order valence-corrected chi connectivity index (χ4v) is 2.16. The van der Waals surface area contributed by atoms with Crippen molar-refractivity contribution < 1.29 is 19.4 Å². The summed E-state index contributed by atoms with van der Waals surface area (Å²) >= 11 is 0. The second-order valence-electron chi connectivity index (χ2n) is 4.50. The molecule has 0 aromatic heterocycles. The molecule has 0 saturated heterocycles. The van der Waals surface area contributed by atoms with Crippen molar-refractivity contribution in [1.29, 1.82) is 0 Å². The number of fused-ring (bicyclic) bond motifs is 1. The molecular formula is C13H17NO4. The molecule has 1 heterocycles. The van der Waals surface area contributed by atoms with E-state index in [-0.39, 0.29) is 19.3 Å². The first-order valence-electron chi connectivity index (χ1n) is 5.87. The molecule has 0 radical (unpaired) electrons. The molecule has 0 bridgehead atoms. The van der Waals surface area contributed by atoms with Crippen LogP contribution in [-0.2, 0) is 4.79 Å².